The van der Waals surface area contributed by atoms with E-state index in [1.165, 1.54) is 24.3 Å². The van der Waals surface area contributed by atoms with Crippen molar-refractivity contribution < 1.29 is 25.9 Å². The summed E-state index contributed by atoms with van der Waals surface area (Å²) in [4.78, 5) is -0.309. The van der Waals surface area contributed by atoms with Crippen LogP contribution >= 0.6 is 0 Å². The summed E-state index contributed by atoms with van der Waals surface area (Å²) in [5.41, 5.74) is 4.45. The molecule has 0 aromatic heterocycles. The molecule has 0 unspecified atom stereocenters. The van der Waals surface area contributed by atoms with Crippen molar-refractivity contribution >= 4 is 79.5 Å². The number of rotatable bonds is 6. The van der Waals surface area contributed by atoms with Gasteiger partial charge >= 0.3 is 37.7 Å². The zero-order chi connectivity index (χ0) is 26.7. The van der Waals surface area contributed by atoms with Gasteiger partial charge in [0.05, 0.1) is 9.79 Å². The predicted octanol–water partition coefficient (Wildman–Crippen LogP) is 5.36. The maximum Gasteiger partial charge on any atom is 2.00 e. The van der Waals surface area contributed by atoms with E-state index in [0.717, 1.165) is 69.5 Å². The largest absolute Gasteiger partial charge is 2.00 e. The standard InChI is InChI=1S/2C14H16O3S.Ca/c2*1-3-10-5-6-11(4-2)14-9-12(18(15,16)17)7-8-13(10)14;/h2*5-9H,3-4H2,1-2H3,(H,15,16,17);/q;;+2/p-2. The van der Waals surface area contributed by atoms with Crippen molar-refractivity contribution in [3.63, 3.8) is 0 Å². The van der Waals surface area contributed by atoms with Crippen LogP contribution in [0.2, 0.25) is 0 Å². The van der Waals surface area contributed by atoms with Crippen molar-refractivity contribution in [1.82, 2.24) is 0 Å². The Morgan fingerprint density at radius 3 is 1.00 bits per heavy atom. The van der Waals surface area contributed by atoms with Gasteiger partial charge in [-0.25, -0.2) is 16.8 Å². The quantitative estimate of drug-likeness (QED) is 0.229. The third kappa shape index (κ3) is 7.32. The Labute approximate surface area is 249 Å². The second-order valence-corrected chi connectivity index (χ2v) is 11.3. The van der Waals surface area contributed by atoms with E-state index in [4.69, 9.17) is 0 Å². The fourth-order valence-electron chi connectivity index (χ4n) is 4.44. The van der Waals surface area contributed by atoms with Gasteiger partial charge in [-0.2, -0.15) is 0 Å². The molecule has 0 radical (unpaired) electrons. The van der Waals surface area contributed by atoms with Gasteiger partial charge in [-0.3, -0.25) is 0 Å². The Balaban J connectivity index is 0.000000253. The molecule has 4 aromatic rings. The van der Waals surface area contributed by atoms with Crippen LogP contribution in [0.3, 0.4) is 0 Å². The van der Waals surface area contributed by atoms with Gasteiger partial charge in [0.2, 0.25) is 0 Å². The van der Waals surface area contributed by atoms with Crippen molar-refractivity contribution in [3.8, 4) is 0 Å². The third-order valence-electron chi connectivity index (χ3n) is 6.44. The van der Waals surface area contributed by atoms with E-state index in [2.05, 4.69) is 26.0 Å². The van der Waals surface area contributed by atoms with Crippen LogP contribution < -0.4 is 0 Å². The first kappa shape index (κ1) is 31.7. The number of hydrogen-bond donors (Lipinski definition) is 0. The molecule has 0 spiro atoms. The van der Waals surface area contributed by atoms with E-state index in [1.54, 1.807) is 12.1 Å². The van der Waals surface area contributed by atoms with Crippen LogP contribution in [0.4, 0.5) is 0 Å². The van der Waals surface area contributed by atoms with Gasteiger partial charge in [0.15, 0.2) is 0 Å². The maximum absolute atomic E-state index is 11.1. The Hall–Kier alpha value is -1.52. The Morgan fingerprint density at radius 1 is 0.486 bits per heavy atom. The van der Waals surface area contributed by atoms with Gasteiger partial charge in [-0.05, 0) is 93.7 Å². The van der Waals surface area contributed by atoms with Crippen molar-refractivity contribution in [2.45, 2.75) is 63.2 Å². The number of aryl methyl sites for hydroxylation is 4. The molecule has 0 fully saturated rings. The monoisotopic (exact) mass is 566 g/mol. The van der Waals surface area contributed by atoms with Gasteiger partial charge in [0, 0.05) is 0 Å². The molecule has 0 saturated carbocycles. The van der Waals surface area contributed by atoms with Gasteiger partial charge in [0.1, 0.15) is 20.2 Å². The first-order valence-corrected chi connectivity index (χ1v) is 14.8. The summed E-state index contributed by atoms with van der Waals surface area (Å²) in [6.45, 7) is 8.13. The van der Waals surface area contributed by atoms with Gasteiger partial charge in [-0.15, -0.1) is 0 Å². The molecule has 0 aliphatic heterocycles. The van der Waals surface area contributed by atoms with E-state index < -0.39 is 20.2 Å². The maximum atomic E-state index is 11.1. The molecular weight excluding hydrogens is 537 g/mol. The minimum Gasteiger partial charge on any atom is -0.744 e. The van der Waals surface area contributed by atoms with E-state index >= 15 is 0 Å². The van der Waals surface area contributed by atoms with Crippen LogP contribution in [-0.4, -0.2) is 63.7 Å². The Kier molecular flexibility index (Phi) is 11.2. The fourth-order valence-corrected chi connectivity index (χ4v) is 5.44. The van der Waals surface area contributed by atoms with Crippen LogP contribution in [0.25, 0.3) is 21.5 Å². The number of hydrogen-bond acceptors (Lipinski definition) is 6. The van der Waals surface area contributed by atoms with E-state index in [9.17, 15) is 25.9 Å². The van der Waals surface area contributed by atoms with Crippen molar-refractivity contribution in [1.29, 1.82) is 0 Å². The summed E-state index contributed by atoms with van der Waals surface area (Å²) in [6, 6.07) is 17.4. The van der Waals surface area contributed by atoms with Crippen LogP contribution in [0.5, 0.6) is 0 Å². The normalized spacial score (nSPS) is 11.6. The molecule has 0 atom stereocenters. The Bertz CT molecular complexity index is 1500. The molecule has 37 heavy (non-hydrogen) atoms. The molecule has 0 aliphatic carbocycles. The summed E-state index contributed by atoms with van der Waals surface area (Å²) in [7, 11) is -8.78. The van der Waals surface area contributed by atoms with Gasteiger partial charge in [0.25, 0.3) is 0 Å². The predicted molar refractivity (Wildman–Crippen MR) is 147 cm³/mol. The van der Waals surface area contributed by atoms with Crippen LogP contribution in [0, 0.1) is 0 Å². The van der Waals surface area contributed by atoms with E-state index in [1.807, 2.05) is 26.0 Å². The third-order valence-corrected chi connectivity index (χ3v) is 8.10. The van der Waals surface area contributed by atoms with Crippen LogP contribution in [0.1, 0.15) is 49.9 Å². The average molecular weight is 567 g/mol. The van der Waals surface area contributed by atoms with Gasteiger partial charge in [-0.1, -0.05) is 64.1 Å². The second kappa shape index (κ2) is 13.0. The minimum atomic E-state index is -4.39. The second-order valence-electron chi connectivity index (χ2n) is 8.50. The average Bonchev–Trinajstić information content (AvgIpc) is 2.85. The molecule has 6 nitrogen and oxygen atoms in total. The van der Waals surface area contributed by atoms with E-state index in [0.29, 0.717) is 0 Å². The Morgan fingerprint density at radius 2 is 0.757 bits per heavy atom. The van der Waals surface area contributed by atoms with Crippen molar-refractivity contribution in [2.24, 2.45) is 0 Å². The fraction of sp³-hybridized carbons (Fsp3) is 0.286. The molecule has 9 heteroatoms. The van der Waals surface area contributed by atoms with Crippen molar-refractivity contribution in [2.75, 3.05) is 0 Å². The SMILES string of the molecule is CCc1ccc(CC)c2cc(S(=O)(=O)[O-])ccc12.CCc1ccc(CC)c2cc(S(=O)(=O)[O-])ccc12.[Ca+2]. The molecular formula is C28H30CaO6S2. The molecule has 4 aromatic carbocycles. The first-order valence-electron chi connectivity index (χ1n) is 11.9. The number of benzene rings is 4. The molecule has 0 aliphatic rings. The molecule has 0 bridgehead atoms. The topological polar surface area (TPSA) is 114 Å². The van der Waals surface area contributed by atoms with E-state index in [-0.39, 0.29) is 47.5 Å². The molecule has 0 saturated heterocycles. The summed E-state index contributed by atoms with van der Waals surface area (Å²) in [6.07, 6.45) is 3.37. The summed E-state index contributed by atoms with van der Waals surface area (Å²) in [5.74, 6) is 0. The molecule has 4 rings (SSSR count). The zero-order valence-electron chi connectivity index (χ0n) is 21.6. The van der Waals surface area contributed by atoms with Crippen LogP contribution in [-0.2, 0) is 45.9 Å². The number of fused-ring (bicyclic) bond motifs is 2. The summed E-state index contributed by atoms with van der Waals surface area (Å²) >= 11 is 0. The molecule has 0 amide bonds. The van der Waals surface area contributed by atoms with Crippen molar-refractivity contribution in [3.05, 3.63) is 82.9 Å². The van der Waals surface area contributed by atoms with Gasteiger partial charge < -0.3 is 9.11 Å². The summed E-state index contributed by atoms with van der Waals surface area (Å²) < 4.78 is 66.5. The first-order chi connectivity index (χ1) is 16.9. The molecule has 192 valence electrons. The molecule has 0 N–H and O–H groups in total. The minimum absolute atomic E-state index is 0. The zero-order valence-corrected chi connectivity index (χ0v) is 25.4. The summed E-state index contributed by atoms with van der Waals surface area (Å²) in [5, 5.41) is 3.80. The van der Waals surface area contributed by atoms with Crippen LogP contribution in [0.15, 0.2) is 70.5 Å². The molecule has 0 heterocycles. The smallest absolute Gasteiger partial charge is 0.744 e.